The highest BCUT2D eigenvalue weighted by Crippen LogP contribution is 2.22. The van der Waals surface area contributed by atoms with Crippen molar-refractivity contribution in [3.8, 4) is 0 Å². The maximum atomic E-state index is 12.0. The zero-order chi connectivity index (χ0) is 14.7. The number of anilines is 2. The van der Waals surface area contributed by atoms with Crippen LogP contribution in [0.1, 0.15) is 6.42 Å². The molecule has 0 saturated carbocycles. The van der Waals surface area contributed by atoms with Crippen LogP contribution >= 0.6 is 11.6 Å². The molecule has 1 fully saturated rings. The van der Waals surface area contributed by atoms with E-state index >= 15 is 0 Å². The molecule has 110 valence electrons. The Morgan fingerprint density at radius 1 is 1.55 bits per heavy atom. The highest BCUT2D eigenvalue weighted by atomic mass is 35.5. The fourth-order valence-corrected chi connectivity index (χ4v) is 2.52. The Balaban J connectivity index is 1.85. The third-order valence-electron chi connectivity index (χ3n) is 3.62. The number of carbonyl (C=O) groups excluding carboxylic acids is 1. The van der Waals surface area contributed by atoms with E-state index in [0.717, 1.165) is 19.5 Å². The molecule has 6 heteroatoms. The SMILES string of the molecule is CN(C)C1CCN(CC(=O)Nc2ccc(Cl)c(N)c2)C1. The first kappa shape index (κ1) is 15.1. The van der Waals surface area contributed by atoms with Gasteiger partial charge in [0.15, 0.2) is 0 Å². The number of likely N-dealkylation sites (tertiary alicyclic amines) is 1. The summed E-state index contributed by atoms with van der Waals surface area (Å²) in [5.74, 6) is -0.0221. The van der Waals surface area contributed by atoms with Crippen molar-refractivity contribution in [3.63, 3.8) is 0 Å². The van der Waals surface area contributed by atoms with E-state index in [4.69, 9.17) is 17.3 Å². The number of nitrogens with one attached hydrogen (secondary N) is 1. The maximum Gasteiger partial charge on any atom is 0.238 e. The Kier molecular flexibility index (Phi) is 4.86. The number of nitrogen functional groups attached to an aromatic ring is 1. The van der Waals surface area contributed by atoms with Crippen molar-refractivity contribution in [1.82, 2.24) is 9.80 Å². The van der Waals surface area contributed by atoms with Crippen molar-refractivity contribution in [2.75, 3.05) is 44.8 Å². The van der Waals surface area contributed by atoms with E-state index in [2.05, 4.69) is 29.2 Å². The lowest BCUT2D eigenvalue weighted by Crippen LogP contribution is -2.35. The summed E-state index contributed by atoms with van der Waals surface area (Å²) in [5.41, 5.74) is 6.86. The molecule has 0 aromatic heterocycles. The van der Waals surface area contributed by atoms with E-state index < -0.39 is 0 Å². The van der Waals surface area contributed by atoms with E-state index in [1.54, 1.807) is 18.2 Å². The molecule has 1 aromatic rings. The van der Waals surface area contributed by atoms with Crippen LogP contribution < -0.4 is 11.1 Å². The fourth-order valence-electron chi connectivity index (χ4n) is 2.40. The predicted molar refractivity (Wildman–Crippen MR) is 83.0 cm³/mol. The van der Waals surface area contributed by atoms with Crippen molar-refractivity contribution in [3.05, 3.63) is 23.2 Å². The molecule has 0 aliphatic carbocycles. The van der Waals surface area contributed by atoms with Gasteiger partial charge < -0.3 is 16.0 Å². The summed E-state index contributed by atoms with van der Waals surface area (Å²) in [6, 6.07) is 5.65. The number of hydrogen-bond acceptors (Lipinski definition) is 4. The van der Waals surface area contributed by atoms with E-state index in [1.807, 2.05) is 0 Å². The second-order valence-electron chi connectivity index (χ2n) is 5.43. The van der Waals surface area contributed by atoms with Gasteiger partial charge in [-0.25, -0.2) is 0 Å². The van der Waals surface area contributed by atoms with Crippen LogP contribution in [0.25, 0.3) is 0 Å². The second kappa shape index (κ2) is 6.43. The molecule has 1 saturated heterocycles. The number of nitrogens with two attached hydrogens (primary N) is 1. The van der Waals surface area contributed by atoms with Crippen molar-refractivity contribution in [1.29, 1.82) is 0 Å². The number of halogens is 1. The summed E-state index contributed by atoms with van der Waals surface area (Å²) in [7, 11) is 4.15. The van der Waals surface area contributed by atoms with Gasteiger partial charge in [-0.05, 0) is 38.7 Å². The number of benzene rings is 1. The third kappa shape index (κ3) is 3.85. The van der Waals surface area contributed by atoms with Crippen LogP contribution in [0.5, 0.6) is 0 Å². The van der Waals surface area contributed by atoms with E-state index in [9.17, 15) is 4.79 Å². The summed E-state index contributed by atoms with van der Waals surface area (Å²) in [6.45, 7) is 2.30. The zero-order valence-electron chi connectivity index (χ0n) is 11.9. The van der Waals surface area contributed by atoms with Gasteiger partial charge >= 0.3 is 0 Å². The summed E-state index contributed by atoms with van der Waals surface area (Å²) < 4.78 is 0. The molecule has 1 atom stereocenters. The van der Waals surface area contributed by atoms with E-state index in [0.29, 0.717) is 29.0 Å². The molecule has 1 aromatic carbocycles. The summed E-state index contributed by atoms with van der Waals surface area (Å²) >= 11 is 5.85. The molecule has 1 aliphatic heterocycles. The van der Waals surface area contributed by atoms with Gasteiger partial charge in [-0.15, -0.1) is 0 Å². The van der Waals surface area contributed by atoms with Crippen LogP contribution in [0, 0.1) is 0 Å². The lowest BCUT2D eigenvalue weighted by atomic mass is 10.2. The zero-order valence-corrected chi connectivity index (χ0v) is 12.7. The lowest BCUT2D eigenvalue weighted by Gasteiger charge is -2.20. The van der Waals surface area contributed by atoms with Crippen molar-refractivity contribution in [2.24, 2.45) is 0 Å². The van der Waals surface area contributed by atoms with Crippen LogP contribution in [0.15, 0.2) is 18.2 Å². The first-order chi connectivity index (χ1) is 9.45. The maximum absolute atomic E-state index is 12.0. The van der Waals surface area contributed by atoms with Crippen LogP contribution in [0.2, 0.25) is 5.02 Å². The molecule has 1 unspecified atom stereocenters. The molecule has 0 radical (unpaired) electrons. The standard InChI is InChI=1S/C14H21ClN4O/c1-18(2)11-5-6-19(8-11)9-14(20)17-10-3-4-12(15)13(16)7-10/h3-4,7,11H,5-6,8-9,16H2,1-2H3,(H,17,20). The number of nitrogens with zero attached hydrogens (tertiary/aromatic N) is 2. The molecule has 1 aliphatic rings. The number of rotatable bonds is 4. The topological polar surface area (TPSA) is 61.6 Å². The van der Waals surface area contributed by atoms with Crippen molar-refractivity contribution < 1.29 is 4.79 Å². The molecule has 1 amide bonds. The van der Waals surface area contributed by atoms with Gasteiger partial charge in [0, 0.05) is 24.8 Å². The normalized spacial score (nSPS) is 19.5. The highest BCUT2D eigenvalue weighted by Gasteiger charge is 2.25. The molecule has 0 bridgehead atoms. The summed E-state index contributed by atoms with van der Waals surface area (Å²) in [4.78, 5) is 16.4. The summed E-state index contributed by atoms with van der Waals surface area (Å²) in [6.07, 6.45) is 1.11. The van der Waals surface area contributed by atoms with Gasteiger partial charge in [0.25, 0.3) is 0 Å². The number of amides is 1. The predicted octanol–water partition coefficient (Wildman–Crippen LogP) is 1.50. The van der Waals surface area contributed by atoms with Crippen LogP contribution in [0.3, 0.4) is 0 Å². The molecule has 1 heterocycles. The minimum absolute atomic E-state index is 0.0221. The largest absolute Gasteiger partial charge is 0.397 e. The van der Waals surface area contributed by atoms with Gasteiger partial charge in [-0.2, -0.15) is 0 Å². The average molecular weight is 297 g/mol. The van der Waals surface area contributed by atoms with Gasteiger partial charge in [0.2, 0.25) is 5.91 Å². The Hall–Kier alpha value is -1.30. The minimum Gasteiger partial charge on any atom is -0.397 e. The quantitative estimate of drug-likeness (QED) is 0.827. The van der Waals surface area contributed by atoms with Crippen LogP contribution in [-0.2, 0) is 4.79 Å². The number of hydrogen-bond donors (Lipinski definition) is 2. The molecule has 20 heavy (non-hydrogen) atoms. The molecule has 5 nitrogen and oxygen atoms in total. The molecule has 2 rings (SSSR count). The smallest absolute Gasteiger partial charge is 0.238 e. The fraction of sp³-hybridized carbons (Fsp3) is 0.500. The highest BCUT2D eigenvalue weighted by molar-refractivity contribution is 6.33. The molecular weight excluding hydrogens is 276 g/mol. The molecular formula is C14H21ClN4O. The Bertz CT molecular complexity index is 492. The summed E-state index contributed by atoms with van der Waals surface area (Å²) in [5, 5.41) is 3.34. The Morgan fingerprint density at radius 2 is 2.30 bits per heavy atom. The third-order valence-corrected chi connectivity index (χ3v) is 3.97. The Labute approximate surface area is 124 Å². The second-order valence-corrected chi connectivity index (χ2v) is 5.83. The van der Waals surface area contributed by atoms with E-state index in [-0.39, 0.29) is 5.91 Å². The number of likely N-dealkylation sites (N-methyl/N-ethyl adjacent to an activating group) is 1. The molecule has 0 spiro atoms. The van der Waals surface area contributed by atoms with Gasteiger partial charge in [-0.3, -0.25) is 9.69 Å². The van der Waals surface area contributed by atoms with Gasteiger partial charge in [0.05, 0.1) is 17.3 Å². The molecule has 3 N–H and O–H groups in total. The first-order valence-corrected chi connectivity index (χ1v) is 7.07. The Morgan fingerprint density at radius 3 is 2.90 bits per heavy atom. The van der Waals surface area contributed by atoms with Gasteiger partial charge in [-0.1, -0.05) is 11.6 Å². The number of carbonyl (C=O) groups is 1. The minimum atomic E-state index is -0.0221. The lowest BCUT2D eigenvalue weighted by molar-refractivity contribution is -0.117. The van der Waals surface area contributed by atoms with Crippen LogP contribution in [0.4, 0.5) is 11.4 Å². The van der Waals surface area contributed by atoms with Crippen LogP contribution in [-0.4, -0.2) is 55.5 Å². The first-order valence-electron chi connectivity index (χ1n) is 6.69. The van der Waals surface area contributed by atoms with Gasteiger partial charge in [0.1, 0.15) is 0 Å². The van der Waals surface area contributed by atoms with E-state index in [1.165, 1.54) is 0 Å². The average Bonchev–Trinajstić information content (AvgIpc) is 2.82. The van der Waals surface area contributed by atoms with Crippen molar-refractivity contribution in [2.45, 2.75) is 12.5 Å². The monoisotopic (exact) mass is 296 g/mol. The van der Waals surface area contributed by atoms with Crippen molar-refractivity contribution >= 4 is 28.9 Å².